The zero-order valence-electron chi connectivity index (χ0n) is 21.8. The van der Waals surface area contributed by atoms with Gasteiger partial charge in [0.15, 0.2) is 23.0 Å². The summed E-state index contributed by atoms with van der Waals surface area (Å²) in [6, 6.07) is 18.0. The number of hydrogen-bond acceptors (Lipinski definition) is 10. The van der Waals surface area contributed by atoms with Crippen molar-refractivity contribution in [3.63, 3.8) is 0 Å². The molecule has 6 rings (SSSR count). The van der Waals surface area contributed by atoms with E-state index in [0.717, 1.165) is 5.69 Å². The predicted octanol–water partition coefficient (Wildman–Crippen LogP) is 4.43. The molecule has 0 fully saturated rings. The van der Waals surface area contributed by atoms with Gasteiger partial charge in [0.05, 0.1) is 27.8 Å². The SMILES string of the molecule is CC(=O)c1nc2ccccc2[nH]c1=O.CC(=O)c1nc2ccccc2n(-c2ccsc2)c1=O.O[B]Oc1ccsc1. The van der Waals surface area contributed by atoms with Crippen LogP contribution in [-0.4, -0.2) is 43.8 Å². The highest BCUT2D eigenvalue weighted by Gasteiger charge is 2.15. The second kappa shape index (κ2) is 13.6. The number of fused-ring (bicyclic) bond motifs is 2. The van der Waals surface area contributed by atoms with Crippen LogP contribution < -0.4 is 15.8 Å². The summed E-state index contributed by atoms with van der Waals surface area (Å²) in [5, 5.41) is 15.5. The van der Waals surface area contributed by atoms with Gasteiger partial charge >= 0.3 is 7.69 Å². The number of carbonyl (C=O) groups excluding carboxylic acids is 2. The van der Waals surface area contributed by atoms with E-state index in [1.54, 1.807) is 41.8 Å². The van der Waals surface area contributed by atoms with Crippen LogP contribution in [0.4, 0.5) is 0 Å². The third-order valence-electron chi connectivity index (χ3n) is 5.48. The summed E-state index contributed by atoms with van der Waals surface area (Å²) < 4.78 is 6.12. The Balaban J connectivity index is 0.000000154. The van der Waals surface area contributed by atoms with E-state index in [0.29, 0.717) is 35.5 Å². The minimum atomic E-state index is -0.434. The number of H-pyrrole nitrogens is 1. The Labute approximate surface area is 241 Å². The van der Waals surface area contributed by atoms with Gasteiger partial charge in [-0.25, -0.2) is 9.97 Å². The average molecular weight is 585 g/mol. The lowest BCUT2D eigenvalue weighted by molar-refractivity contribution is 0.0999. The monoisotopic (exact) mass is 585 g/mol. The van der Waals surface area contributed by atoms with Gasteiger partial charge in [-0.05, 0) is 47.2 Å². The Morgan fingerprint density at radius 3 is 2.12 bits per heavy atom. The molecule has 41 heavy (non-hydrogen) atoms. The van der Waals surface area contributed by atoms with Gasteiger partial charge in [0, 0.05) is 24.6 Å². The van der Waals surface area contributed by atoms with Crippen molar-refractivity contribution in [3.8, 4) is 11.4 Å². The zero-order valence-corrected chi connectivity index (χ0v) is 23.4. The van der Waals surface area contributed by atoms with Crippen LogP contribution in [0.1, 0.15) is 34.8 Å². The van der Waals surface area contributed by atoms with Crippen LogP contribution in [-0.2, 0) is 0 Å². The van der Waals surface area contributed by atoms with E-state index < -0.39 is 5.56 Å². The number of ketones is 2. The van der Waals surface area contributed by atoms with Gasteiger partial charge in [-0.15, -0.1) is 11.3 Å². The van der Waals surface area contributed by atoms with Gasteiger partial charge in [0.25, 0.3) is 11.1 Å². The lowest BCUT2D eigenvalue weighted by Gasteiger charge is -2.09. The molecule has 0 aliphatic carbocycles. The molecule has 4 heterocycles. The van der Waals surface area contributed by atoms with Crippen molar-refractivity contribution >= 4 is 64.0 Å². The molecule has 2 aromatic carbocycles. The predicted molar refractivity (Wildman–Crippen MR) is 161 cm³/mol. The van der Waals surface area contributed by atoms with Crippen LogP contribution in [0.3, 0.4) is 0 Å². The van der Waals surface area contributed by atoms with Crippen LogP contribution in [0.25, 0.3) is 27.8 Å². The van der Waals surface area contributed by atoms with Crippen LogP contribution in [0.15, 0.2) is 91.8 Å². The van der Waals surface area contributed by atoms with Crippen LogP contribution in [0, 0.1) is 0 Å². The summed E-state index contributed by atoms with van der Waals surface area (Å²) in [6.45, 7) is 2.68. The number of aromatic nitrogens is 4. The molecular weight excluding hydrogens is 563 g/mol. The fraction of sp³-hybridized carbons (Fsp3) is 0.0714. The molecule has 0 bridgehead atoms. The van der Waals surface area contributed by atoms with E-state index in [1.807, 2.05) is 40.4 Å². The van der Waals surface area contributed by atoms with E-state index in [9.17, 15) is 19.2 Å². The number of benzene rings is 2. The highest BCUT2D eigenvalue weighted by Crippen LogP contribution is 2.17. The molecule has 0 amide bonds. The molecule has 1 radical (unpaired) electrons. The molecule has 6 aromatic rings. The first-order valence-electron chi connectivity index (χ1n) is 12.0. The zero-order chi connectivity index (χ0) is 29.4. The Morgan fingerprint density at radius 1 is 0.854 bits per heavy atom. The molecule has 0 atom stereocenters. The van der Waals surface area contributed by atoms with E-state index in [-0.39, 0.29) is 28.5 Å². The molecule has 0 saturated heterocycles. The maximum absolute atomic E-state index is 12.4. The summed E-state index contributed by atoms with van der Waals surface area (Å²) in [6.07, 6.45) is 0. The fourth-order valence-corrected chi connectivity index (χ4v) is 4.83. The molecule has 2 N–H and O–H groups in total. The lowest BCUT2D eigenvalue weighted by Crippen LogP contribution is -2.26. The highest BCUT2D eigenvalue weighted by atomic mass is 32.1. The molecule has 0 unspecified atom stereocenters. The lowest BCUT2D eigenvalue weighted by atomic mass is 10.2. The van der Waals surface area contributed by atoms with Crippen molar-refractivity contribution in [1.29, 1.82) is 0 Å². The summed E-state index contributed by atoms with van der Waals surface area (Å²) in [4.78, 5) is 57.1. The first-order chi connectivity index (χ1) is 19.8. The smallest absolute Gasteiger partial charge is 0.537 e. The van der Waals surface area contributed by atoms with Gasteiger partial charge in [-0.3, -0.25) is 23.7 Å². The topological polar surface area (TPSA) is 144 Å². The molecule has 0 aliphatic heterocycles. The van der Waals surface area contributed by atoms with Crippen molar-refractivity contribution in [3.05, 3.63) is 114 Å². The van der Waals surface area contributed by atoms with Crippen LogP contribution in [0.2, 0.25) is 0 Å². The van der Waals surface area contributed by atoms with Crippen molar-refractivity contribution in [2.45, 2.75) is 13.8 Å². The Hall–Kier alpha value is -4.72. The van der Waals surface area contributed by atoms with E-state index in [1.165, 1.54) is 41.1 Å². The molecule has 0 spiro atoms. The molecule has 4 aromatic heterocycles. The van der Waals surface area contributed by atoms with E-state index >= 15 is 0 Å². The molecular formula is C28H22BN4O6S2. The van der Waals surface area contributed by atoms with Crippen molar-refractivity contribution in [1.82, 2.24) is 19.5 Å². The number of carbonyl (C=O) groups is 2. The van der Waals surface area contributed by atoms with Gasteiger partial charge in [-0.2, -0.15) is 11.3 Å². The van der Waals surface area contributed by atoms with Crippen molar-refractivity contribution in [2.24, 2.45) is 0 Å². The Bertz CT molecular complexity index is 1920. The number of thiophene rings is 2. The van der Waals surface area contributed by atoms with Crippen molar-refractivity contribution < 1.29 is 19.3 Å². The van der Waals surface area contributed by atoms with E-state index in [2.05, 4.69) is 19.6 Å². The number of nitrogens with zero attached hydrogens (tertiary/aromatic N) is 3. The number of nitrogens with one attached hydrogen (secondary N) is 1. The third kappa shape index (κ3) is 7.08. The largest absolute Gasteiger partial charge is 0.569 e. The van der Waals surface area contributed by atoms with Gasteiger partial charge < -0.3 is 14.7 Å². The van der Waals surface area contributed by atoms with Gasteiger partial charge in [-0.1, -0.05) is 24.3 Å². The standard InChI is InChI=1S/C14H10N2O2S.C10H8N2O2.C4H4BO2S/c1-9(17)13-14(18)16(10-6-7-19-8-10)12-5-3-2-4-11(12)15-13;1-6(13)9-10(14)12-8-5-3-2-4-7(8)11-9;6-5-7-4-1-2-8-3-4/h2-8H,1H3;2-5H,1H3,(H,12,14);1-3,6H. The van der Waals surface area contributed by atoms with E-state index in [4.69, 9.17) is 5.02 Å². The minimum Gasteiger partial charge on any atom is -0.537 e. The Kier molecular flexibility index (Phi) is 9.69. The van der Waals surface area contributed by atoms with Crippen LogP contribution in [0.5, 0.6) is 5.75 Å². The molecule has 205 valence electrons. The number of aromatic amines is 1. The molecule has 13 heteroatoms. The van der Waals surface area contributed by atoms with Crippen LogP contribution >= 0.6 is 22.7 Å². The number of hydrogen-bond donors (Lipinski definition) is 2. The third-order valence-corrected chi connectivity index (χ3v) is 6.81. The molecule has 0 saturated carbocycles. The second-order valence-electron chi connectivity index (χ2n) is 8.30. The quantitative estimate of drug-likeness (QED) is 0.223. The highest BCUT2D eigenvalue weighted by molar-refractivity contribution is 7.08. The number of Topliss-reactive ketones (excluding diaryl/α,β-unsaturated/α-hetero) is 2. The maximum atomic E-state index is 12.4. The van der Waals surface area contributed by atoms with Gasteiger partial charge in [0.2, 0.25) is 0 Å². The van der Waals surface area contributed by atoms with Crippen molar-refractivity contribution in [2.75, 3.05) is 0 Å². The summed E-state index contributed by atoms with van der Waals surface area (Å²) >= 11 is 3.02. The normalized spacial score (nSPS) is 10.2. The average Bonchev–Trinajstić information content (AvgIpc) is 3.68. The second-order valence-corrected chi connectivity index (χ2v) is 9.86. The molecule has 0 aliphatic rings. The summed E-state index contributed by atoms with van der Waals surface area (Å²) in [5.41, 5.74) is 2.50. The fourth-order valence-electron chi connectivity index (χ4n) is 3.65. The summed E-state index contributed by atoms with van der Waals surface area (Å²) in [5.74, 6) is 0.0363. The van der Waals surface area contributed by atoms with Gasteiger partial charge in [0.1, 0.15) is 5.75 Å². The molecule has 10 nitrogen and oxygen atoms in total. The number of para-hydroxylation sites is 4. The maximum Gasteiger partial charge on any atom is 0.569 e. The first-order valence-corrected chi connectivity index (χ1v) is 13.9. The first kappa shape index (κ1) is 29.3. The minimum absolute atomic E-state index is 0.0232. The number of rotatable bonds is 5. The Morgan fingerprint density at radius 2 is 1.49 bits per heavy atom. The summed E-state index contributed by atoms with van der Waals surface area (Å²) in [7, 11) is 0.669.